The number of fused-ring (bicyclic) bond motifs is 1. The van der Waals surface area contributed by atoms with Crippen LogP contribution in [0.15, 0.2) is 6.20 Å². The van der Waals surface area contributed by atoms with Gasteiger partial charge in [-0.1, -0.05) is 0 Å². The van der Waals surface area contributed by atoms with E-state index >= 15 is 0 Å². The van der Waals surface area contributed by atoms with Crippen molar-refractivity contribution in [2.45, 2.75) is 38.6 Å². The van der Waals surface area contributed by atoms with Crippen LogP contribution in [0.1, 0.15) is 37.2 Å². The molecule has 1 unspecified atom stereocenters. The van der Waals surface area contributed by atoms with Gasteiger partial charge >= 0.3 is 5.97 Å². The molecular formula is C10H14N2O2. The molecule has 0 saturated heterocycles. The number of aliphatic carboxylic acids is 1. The zero-order valence-corrected chi connectivity index (χ0v) is 8.23. The van der Waals surface area contributed by atoms with Crippen LogP contribution >= 0.6 is 0 Å². The van der Waals surface area contributed by atoms with Gasteiger partial charge in [0.2, 0.25) is 0 Å². The first-order chi connectivity index (χ1) is 6.70. The molecule has 2 heterocycles. The predicted molar refractivity (Wildman–Crippen MR) is 51.2 cm³/mol. The fourth-order valence-electron chi connectivity index (χ4n) is 1.92. The van der Waals surface area contributed by atoms with Crippen LogP contribution in [0.3, 0.4) is 0 Å². The largest absolute Gasteiger partial charge is 0.481 e. The van der Waals surface area contributed by atoms with Crippen molar-refractivity contribution in [2.24, 2.45) is 0 Å². The first kappa shape index (κ1) is 9.24. The highest BCUT2D eigenvalue weighted by molar-refractivity contribution is 5.74. The molecule has 1 atom stereocenters. The van der Waals surface area contributed by atoms with Gasteiger partial charge in [-0.25, -0.2) is 4.98 Å². The van der Waals surface area contributed by atoms with Gasteiger partial charge in [-0.05, 0) is 26.2 Å². The first-order valence-corrected chi connectivity index (χ1v) is 4.97. The molecule has 1 aromatic heterocycles. The molecule has 0 spiro atoms. The number of aromatic nitrogens is 2. The average Bonchev–Trinajstić information content (AvgIpc) is 2.60. The summed E-state index contributed by atoms with van der Waals surface area (Å²) < 4.78 is 2.06. The standard InChI is InChI=1S/C10H14N2O2/c1-7(10(13)14)9-11-6-8-4-2-3-5-12(8)9/h6-7H,2-5H2,1H3,(H,13,14). The maximum atomic E-state index is 10.8. The third-order valence-electron chi connectivity index (χ3n) is 2.79. The number of hydrogen-bond donors (Lipinski definition) is 1. The van der Waals surface area contributed by atoms with Gasteiger partial charge in [0.1, 0.15) is 11.7 Å². The summed E-state index contributed by atoms with van der Waals surface area (Å²) in [6.07, 6.45) is 5.16. The Bertz CT molecular complexity index is 357. The summed E-state index contributed by atoms with van der Waals surface area (Å²) in [6.45, 7) is 2.61. The third kappa shape index (κ3) is 1.41. The van der Waals surface area contributed by atoms with Crippen molar-refractivity contribution < 1.29 is 9.90 Å². The van der Waals surface area contributed by atoms with Crippen molar-refractivity contribution in [3.05, 3.63) is 17.7 Å². The summed E-state index contributed by atoms with van der Waals surface area (Å²) in [6, 6.07) is 0. The van der Waals surface area contributed by atoms with Gasteiger partial charge in [0.15, 0.2) is 0 Å². The number of carboxylic acids is 1. The number of hydrogen-bond acceptors (Lipinski definition) is 2. The number of carboxylic acid groups (broad SMARTS) is 1. The molecule has 0 bridgehead atoms. The molecule has 0 radical (unpaired) electrons. The fraction of sp³-hybridized carbons (Fsp3) is 0.600. The Morgan fingerprint density at radius 2 is 2.43 bits per heavy atom. The minimum Gasteiger partial charge on any atom is -0.481 e. The van der Waals surface area contributed by atoms with E-state index in [0.717, 1.165) is 19.4 Å². The van der Waals surface area contributed by atoms with E-state index < -0.39 is 11.9 Å². The van der Waals surface area contributed by atoms with Crippen molar-refractivity contribution in [3.63, 3.8) is 0 Å². The molecule has 14 heavy (non-hydrogen) atoms. The normalized spacial score (nSPS) is 17.5. The Kier molecular flexibility index (Phi) is 2.27. The molecule has 0 aromatic carbocycles. The van der Waals surface area contributed by atoms with E-state index in [1.165, 1.54) is 12.1 Å². The Balaban J connectivity index is 2.34. The minimum absolute atomic E-state index is 0.498. The summed E-state index contributed by atoms with van der Waals surface area (Å²) >= 11 is 0. The van der Waals surface area contributed by atoms with Crippen LogP contribution in [-0.4, -0.2) is 20.6 Å². The van der Waals surface area contributed by atoms with Crippen LogP contribution in [0, 0.1) is 0 Å². The van der Waals surface area contributed by atoms with Gasteiger partial charge in [-0.2, -0.15) is 0 Å². The van der Waals surface area contributed by atoms with Gasteiger partial charge in [-0.15, -0.1) is 0 Å². The smallest absolute Gasteiger partial charge is 0.313 e. The van der Waals surface area contributed by atoms with E-state index in [9.17, 15) is 4.79 Å². The molecule has 2 rings (SSSR count). The predicted octanol–water partition coefficient (Wildman–Crippen LogP) is 1.41. The van der Waals surface area contributed by atoms with E-state index in [0.29, 0.717) is 5.82 Å². The molecule has 4 heteroatoms. The topological polar surface area (TPSA) is 55.1 Å². The monoisotopic (exact) mass is 194 g/mol. The number of nitrogens with zero attached hydrogens (tertiary/aromatic N) is 2. The maximum absolute atomic E-state index is 10.8. The van der Waals surface area contributed by atoms with Crippen molar-refractivity contribution in [1.29, 1.82) is 0 Å². The molecule has 1 aliphatic rings. The lowest BCUT2D eigenvalue weighted by Crippen LogP contribution is -2.18. The zero-order valence-electron chi connectivity index (χ0n) is 8.23. The Morgan fingerprint density at radius 3 is 3.14 bits per heavy atom. The second kappa shape index (κ2) is 3.44. The van der Waals surface area contributed by atoms with Crippen LogP contribution in [0.5, 0.6) is 0 Å². The van der Waals surface area contributed by atoms with Gasteiger partial charge in [0, 0.05) is 18.4 Å². The SMILES string of the molecule is CC(C(=O)O)c1ncc2n1CCCC2. The lowest BCUT2D eigenvalue weighted by molar-refractivity contribution is -0.138. The van der Waals surface area contributed by atoms with Crippen LogP contribution in [0.2, 0.25) is 0 Å². The molecule has 0 aliphatic carbocycles. The van der Waals surface area contributed by atoms with E-state index in [1.54, 1.807) is 6.92 Å². The Morgan fingerprint density at radius 1 is 1.64 bits per heavy atom. The van der Waals surface area contributed by atoms with Gasteiger partial charge < -0.3 is 9.67 Å². The molecule has 1 aliphatic heterocycles. The highest BCUT2D eigenvalue weighted by Crippen LogP contribution is 2.21. The summed E-state index contributed by atoms with van der Waals surface area (Å²) in [5, 5.41) is 8.90. The molecule has 1 N–H and O–H groups in total. The van der Waals surface area contributed by atoms with Crippen LogP contribution in [0.25, 0.3) is 0 Å². The number of aryl methyl sites for hydroxylation is 1. The molecule has 4 nitrogen and oxygen atoms in total. The van der Waals surface area contributed by atoms with E-state index in [2.05, 4.69) is 9.55 Å². The molecule has 0 amide bonds. The van der Waals surface area contributed by atoms with Crippen molar-refractivity contribution in [2.75, 3.05) is 0 Å². The summed E-state index contributed by atoms with van der Waals surface area (Å²) in [4.78, 5) is 15.0. The lowest BCUT2D eigenvalue weighted by Gasteiger charge is -2.17. The Hall–Kier alpha value is -1.32. The van der Waals surface area contributed by atoms with Gasteiger partial charge in [0.25, 0.3) is 0 Å². The maximum Gasteiger partial charge on any atom is 0.313 e. The van der Waals surface area contributed by atoms with E-state index in [1.807, 2.05) is 6.20 Å². The van der Waals surface area contributed by atoms with E-state index in [4.69, 9.17) is 5.11 Å². The number of rotatable bonds is 2. The lowest BCUT2D eigenvalue weighted by atomic mass is 10.1. The minimum atomic E-state index is -0.802. The number of carbonyl (C=O) groups is 1. The second-order valence-electron chi connectivity index (χ2n) is 3.78. The molecule has 0 saturated carbocycles. The molecule has 0 fully saturated rings. The highest BCUT2D eigenvalue weighted by atomic mass is 16.4. The van der Waals surface area contributed by atoms with Crippen molar-refractivity contribution >= 4 is 5.97 Å². The number of imidazole rings is 1. The summed E-state index contributed by atoms with van der Waals surface area (Å²) in [5.74, 6) is -0.599. The van der Waals surface area contributed by atoms with Crippen molar-refractivity contribution in [3.8, 4) is 0 Å². The first-order valence-electron chi connectivity index (χ1n) is 4.97. The highest BCUT2D eigenvalue weighted by Gasteiger charge is 2.22. The van der Waals surface area contributed by atoms with E-state index in [-0.39, 0.29) is 0 Å². The fourth-order valence-corrected chi connectivity index (χ4v) is 1.92. The second-order valence-corrected chi connectivity index (χ2v) is 3.78. The van der Waals surface area contributed by atoms with Crippen LogP contribution in [-0.2, 0) is 17.8 Å². The molecular weight excluding hydrogens is 180 g/mol. The average molecular weight is 194 g/mol. The molecule has 1 aromatic rings. The van der Waals surface area contributed by atoms with Crippen molar-refractivity contribution in [1.82, 2.24) is 9.55 Å². The van der Waals surface area contributed by atoms with Gasteiger partial charge in [0.05, 0.1) is 0 Å². The van der Waals surface area contributed by atoms with Crippen LogP contribution < -0.4 is 0 Å². The summed E-state index contributed by atoms with van der Waals surface area (Å²) in [5.41, 5.74) is 1.18. The van der Waals surface area contributed by atoms with Gasteiger partial charge in [-0.3, -0.25) is 4.79 Å². The quantitative estimate of drug-likeness (QED) is 0.774. The Labute approximate surface area is 82.6 Å². The summed E-state index contributed by atoms with van der Waals surface area (Å²) in [7, 11) is 0. The zero-order chi connectivity index (χ0) is 10.1. The third-order valence-corrected chi connectivity index (χ3v) is 2.79. The van der Waals surface area contributed by atoms with Crippen LogP contribution in [0.4, 0.5) is 0 Å². The molecule has 76 valence electrons.